The third-order valence-electron chi connectivity index (χ3n) is 3.32. The molecule has 5 heteroatoms. The molecule has 0 N–H and O–H groups in total. The van der Waals surface area contributed by atoms with E-state index in [4.69, 9.17) is 21.1 Å². The Bertz CT molecular complexity index is 262. The van der Waals surface area contributed by atoms with Crippen LogP contribution in [0.3, 0.4) is 0 Å². The number of carbonyl (C=O) groups excluding carboxylic acids is 1. The molecule has 1 amide bonds. The Morgan fingerprint density at radius 2 is 2.31 bits per heavy atom. The molecule has 0 spiro atoms. The van der Waals surface area contributed by atoms with E-state index < -0.39 is 0 Å². The van der Waals surface area contributed by atoms with E-state index in [2.05, 4.69) is 6.92 Å². The zero-order valence-corrected chi connectivity index (χ0v) is 10.3. The van der Waals surface area contributed by atoms with Crippen LogP contribution in [-0.4, -0.2) is 55.2 Å². The van der Waals surface area contributed by atoms with Gasteiger partial charge < -0.3 is 14.4 Å². The van der Waals surface area contributed by atoms with Crippen LogP contribution in [0.1, 0.15) is 13.3 Å². The SMILES string of the molecule is CC1CCOC1C(=O)N1CCOCC1CCl. The van der Waals surface area contributed by atoms with Crippen molar-refractivity contribution in [3.05, 3.63) is 0 Å². The maximum atomic E-state index is 12.3. The summed E-state index contributed by atoms with van der Waals surface area (Å²) in [5.74, 6) is 0.817. The second kappa shape index (κ2) is 5.34. The van der Waals surface area contributed by atoms with Gasteiger partial charge in [0.05, 0.1) is 19.3 Å². The van der Waals surface area contributed by atoms with Crippen molar-refractivity contribution in [3.63, 3.8) is 0 Å². The second-order valence-electron chi connectivity index (χ2n) is 4.47. The van der Waals surface area contributed by atoms with Crippen molar-refractivity contribution in [2.24, 2.45) is 5.92 Å². The number of nitrogens with zero attached hydrogens (tertiary/aromatic N) is 1. The van der Waals surface area contributed by atoms with Crippen molar-refractivity contribution in [2.45, 2.75) is 25.5 Å². The average Bonchev–Trinajstić information content (AvgIpc) is 2.74. The fourth-order valence-electron chi connectivity index (χ4n) is 2.25. The van der Waals surface area contributed by atoms with E-state index in [1.165, 1.54) is 0 Å². The van der Waals surface area contributed by atoms with Crippen LogP contribution in [0.25, 0.3) is 0 Å². The molecule has 2 aliphatic heterocycles. The fourth-order valence-corrected chi connectivity index (χ4v) is 2.50. The van der Waals surface area contributed by atoms with Crippen LogP contribution >= 0.6 is 11.6 Å². The van der Waals surface area contributed by atoms with Gasteiger partial charge in [0.2, 0.25) is 0 Å². The highest BCUT2D eigenvalue weighted by molar-refractivity contribution is 6.18. The first kappa shape index (κ1) is 12.1. The Morgan fingerprint density at radius 3 is 2.94 bits per heavy atom. The van der Waals surface area contributed by atoms with Gasteiger partial charge in [0.1, 0.15) is 6.10 Å². The average molecular weight is 248 g/mol. The van der Waals surface area contributed by atoms with Gasteiger partial charge in [0, 0.05) is 19.0 Å². The van der Waals surface area contributed by atoms with Crippen LogP contribution in [0.5, 0.6) is 0 Å². The van der Waals surface area contributed by atoms with Crippen molar-refractivity contribution in [1.82, 2.24) is 4.90 Å². The summed E-state index contributed by atoms with van der Waals surface area (Å²) in [4.78, 5) is 14.1. The molecular formula is C11H18ClNO3. The largest absolute Gasteiger partial charge is 0.377 e. The number of hydrogen-bond donors (Lipinski definition) is 0. The van der Waals surface area contributed by atoms with Crippen molar-refractivity contribution >= 4 is 17.5 Å². The monoisotopic (exact) mass is 247 g/mol. The van der Waals surface area contributed by atoms with Gasteiger partial charge in [-0.25, -0.2) is 0 Å². The zero-order chi connectivity index (χ0) is 11.5. The van der Waals surface area contributed by atoms with Gasteiger partial charge in [-0.15, -0.1) is 11.6 Å². The summed E-state index contributed by atoms with van der Waals surface area (Å²) in [7, 11) is 0. The summed E-state index contributed by atoms with van der Waals surface area (Å²) in [6, 6.07) is -0.000633. The first-order valence-corrected chi connectivity index (χ1v) is 6.33. The van der Waals surface area contributed by atoms with Crippen molar-refractivity contribution in [2.75, 3.05) is 32.2 Å². The molecule has 0 aromatic carbocycles. The second-order valence-corrected chi connectivity index (χ2v) is 4.78. The molecule has 92 valence electrons. The number of halogens is 1. The Labute approximate surface area is 101 Å². The van der Waals surface area contributed by atoms with Crippen LogP contribution in [0.2, 0.25) is 0 Å². The standard InChI is InChI=1S/C11H18ClNO3/c1-8-2-4-16-10(8)11(14)13-3-5-15-7-9(13)6-12/h8-10H,2-7H2,1H3. The molecule has 0 saturated carbocycles. The predicted octanol–water partition coefficient (Wildman–Crippen LogP) is 0.878. The van der Waals surface area contributed by atoms with Crippen LogP contribution in [0.4, 0.5) is 0 Å². The topological polar surface area (TPSA) is 38.8 Å². The number of hydrogen-bond acceptors (Lipinski definition) is 3. The summed E-state index contributed by atoms with van der Waals surface area (Å²) in [6.45, 7) is 4.51. The van der Waals surface area contributed by atoms with E-state index >= 15 is 0 Å². The lowest BCUT2D eigenvalue weighted by atomic mass is 10.0. The number of alkyl halides is 1. The van der Waals surface area contributed by atoms with E-state index in [1.807, 2.05) is 4.90 Å². The molecule has 16 heavy (non-hydrogen) atoms. The molecule has 3 unspecified atom stereocenters. The first-order valence-electron chi connectivity index (χ1n) is 5.80. The smallest absolute Gasteiger partial charge is 0.252 e. The van der Waals surface area contributed by atoms with Crippen molar-refractivity contribution < 1.29 is 14.3 Å². The highest BCUT2D eigenvalue weighted by Gasteiger charge is 2.37. The lowest BCUT2D eigenvalue weighted by Crippen LogP contribution is -2.53. The number of amides is 1. The fraction of sp³-hybridized carbons (Fsp3) is 0.909. The Hall–Kier alpha value is -0.320. The summed E-state index contributed by atoms with van der Waals surface area (Å²) in [5, 5.41) is 0. The number of carbonyl (C=O) groups is 1. The minimum Gasteiger partial charge on any atom is -0.377 e. The van der Waals surface area contributed by atoms with E-state index in [-0.39, 0.29) is 18.1 Å². The molecule has 0 radical (unpaired) electrons. The maximum absolute atomic E-state index is 12.3. The molecule has 4 nitrogen and oxygen atoms in total. The van der Waals surface area contributed by atoms with Gasteiger partial charge in [0.25, 0.3) is 5.91 Å². The molecule has 2 aliphatic rings. The quantitative estimate of drug-likeness (QED) is 0.680. The first-order chi connectivity index (χ1) is 7.74. The van der Waals surface area contributed by atoms with Gasteiger partial charge in [-0.05, 0) is 12.3 Å². The number of morpholine rings is 1. The summed E-state index contributed by atoms with van der Waals surface area (Å²) < 4.78 is 10.8. The number of rotatable bonds is 2. The molecule has 0 aromatic rings. The van der Waals surface area contributed by atoms with Crippen molar-refractivity contribution in [1.29, 1.82) is 0 Å². The van der Waals surface area contributed by atoms with E-state index in [1.54, 1.807) is 0 Å². The molecule has 2 rings (SSSR count). The van der Waals surface area contributed by atoms with Crippen LogP contribution in [-0.2, 0) is 14.3 Å². The van der Waals surface area contributed by atoms with E-state index in [0.29, 0.717) is 38.2 Å². The van der Waals surface area contributed by atoms with Gasteiger partial charge in [0.15, 0.2) is 0 Å². The van der Waals surface area contributed by atoms with E-state index in [0.717, 1.165) is 6.42 Å². The minimum absolute atomic E-state index is 0.000633. The lowest BCUT2D eigenvalue weighted by Gasteiger charge is -2.36. The Morgan fingerprint density at radius 1 is 1.50 bits per heavy atom. The Balaban J connectivity index is 2.01. The number of ether oxygens (including phenoxy) is 2. The highest BCUT2D eigenvalue weighted by atomic mass is 35.5. The molecule has 2 saturated heterocycles. The molecule has 0 bridgehead atoms. The van der Waals surface area contributed by atoms with Crippen molar-refractivity contribution in [3.8, 4) is 0 Å². The lowest BCUT2D eigenvalue weighted by molar-refractivity contribution is -0.150. The van der Waals surface area contributed by atoms with Crippen LogP contribution < -0.4 is 0 Å². The molecule has 0 aromatic heterocycles. The third-order valence-corrected chi connectivity index (χ3v) is 3.68. The summed E-state index contributed by atoms with van der Waals surface area (Å²) in [6.07, 6.45) is 0.690. The highest BCUT2D eigenvalue weighted by Crippen LogP contribution is 2.23. The summed E-state index contributed by atoms with van der Waals surface area (Å²) in [5.41, 5.74) is 0. The molecule has 0 aliphatic carbocycles. The van der Waals surface area contributed by atoms with Crippen LogP contribution in [0, 0.1) is 5.92 Å². The van der Waals surface area contributed by atoms with E-state index in [9.17, 15) is 4.79 Å². The molecular weight excluding hydrogens is 230 g/mol. The molecule has 2 heterocycles. The maximum Gasteiger partial charge on any atom is 0.252 e. The van der Waals surface area contributed by atoms with Gasteiger partial charge in [-0.1, -0.05) is 6.92 Å². The van der Waals surface area contributed by atoms with Crippen LogP contribution in [0.15, 0.2) is 0 Å². The zero-order valence-electron chi connectivity index (χ0n) is 9.52. The third kappa shape index (κ3) is 2.34. The van der Waals surface area contributed by atoms with Gasteiger partial charge in [-0.2, -0.15) is 0 Å². The molecule has 3 atom stereocenters. The molecule has 2 fully saturated rings. The normalized spacial score (nSPS) is 35.4. The predicted molar refractivity (Wildman–Crippen MR) is 60.6 cm³/mol. The Kier molecular flexibility index (Phi) is 4.05. The summed E-state index contributed by atoms with van der Waals surface area (Å²) >= 11 is 5.85. The van der Waals surface area contributed by atoms with Gasteiger partial charge in [-0.3, -0.25) is 4.79 Å². The van der Waals surface area contributed by atoms with Gasteiger partial charge >= 0.3 is 0 Å². The minimum atomic E-state index is -0.274.